The van der Waals surface area contributed by atoms with Crippen molar-refractivity contribution in [1.29, 1.82) is 0 Å². The molecule has 2 fully saturated rings. The number of nitrogens with one attached hydrogen (secondary N) is 2. The number of aromatic nitrogens is 4. The summed E-state index contributed by atoms with van der Waals surface area (Å²) in [7, 11) is -16.2. The number of aliphatic hydroxyl groups is 3. The third kappa shape index (κ3) is 8.71. The van der Waals surface area contributed by atoms with E-state index in [2.05, 4.69) is 42.9 Å². The molecule has 0 bridgehead atoms. The van der Waals surface area contributed by atoms with E-state index in [4.69, 9.17) is 15.2 Å². The van der Waals surface area contributed by atoms with Crippen molar-refractivity contribution in [3.63, 3.8) is 0 Å². The minimum absolute atomic E-state index is 0. The third-order valence-corrected chi connectivity index (χ3v) is 12.1. The summed E-state index contributed by atoms with van der Waals surface area (Å²) in [6.45, 7) is 1.82. The van der Waals surface area contributed by atoms with Crippen molar-refractivity contribution in [2.45, 2.75) is 56.9 Å². The Kier molecular flexibility index (Phi) is 12.3. The summed E-state index contributed by atoms with van der Waals surface area (Å²) < 4.78 is 66.2. The van der Waals surface area contributed by atoms with Crippen LogP contribution in [0.3, 0.4) is 0 Å². The Hall–Kier alpha value is -1.73. The molecule has 6 heterocycles. The first-order valence-corrected chi connectivity index (χ1v) is 19.2. The van der Waals surface area contributed by atoms with Crippen LogP contribution in [0.15, 0.2) is 27.6 Å². The van der Waals surface area contributed by atoms with E-state index in [-0.39, 0.29) is 62.4 Å². The van der Waals surface area contributed by atoms with Crippen molar-refractivity contribution in [1.82, 2.24) is 34.6 Å². The monoisotopic (exact) mass is 872 g/mol. The van der Waals surface area contributed by atoms with Gasteiger partial charge < -0.3 is 69.4 Å². The fourth-order valence-electron chi connectivity index (χ4n) is 5.91. The van der Waals surface area contributed by atoms with E-state index >= 15 is 0 Å². The maximum atomic E-state index is 12.4. The Morgan fingerprint density at radius 2 is 1.71 bits per heavy atom. The molecule has 52 heavy (non-hydrogen) atoms. The fourth-order valence-corrected chi connectivity index (χ4v) is 9.29. The molecule has 0 aliphatic carbocycles. The second-order valence-corrected chi connectivity index (χ2v) is 16.3. The van der Waals surface area contributed by atoms with Gasteiger partial charge in [-0.3, -0.25) is 34.5 Å². The van der Waals surface area contributed by atoms with Gasteiger partial charge in [0.05, 0.1) is 26.2 Å². The Bertz CT molecular complexity index is 1950. The second-order valence-electron chi connectivity index (χ2n) is 11.8. The number of imidazole rings is 1. The summed E-state index contributed by atoms with van der Waals surface area (Å²) in [5.41, 5.74) is 4.99. The van der Waals surface area contributed by atoms with E-state index < -0.39 is 85.3 Å². The molecule has 2 saturated heterocycles. The number of amidine groups is 1. The van der Waals surface area contributed by atoms with Gasteiger partial charge in [0.1, 0.15) is 41.9 Å². The average Bonchev–Trinajstić information content (AvgIpc) is 3.74. The molecular formula is C23H32N9O16P3Y-4. The zero-order valence-corrected chi connectivity index (χ0v) is 32.7. The number of nitrogens with zero attached hydrogens (tertiary/aromatic N) is 6. The van der Waals surface area contributed by atoms with Crippen molar-refractivity contribution < 1.29 is 104 Å². The number of rotatable bonds is 12. The normalized spacial score (nSPS) is 32.5. The smallest absolute Gasteiger partial charge is 0.280 e. The number of likely N-dealkylation sites (N-methyl/N-ethyl adjacent to an activating group) is 1. The fraction of sp³-hybridized carbons (Fsp3) is 0.609. The Morgan fingerprint density at radius 1 is 1.06 bits per heavy atom. The molecule has 2 aromatic rings. The first-order valence-electron chi connectivity index (χ1n) is 14.8. The molecule has 7 N–H and O–H groups in total. The number of ether oxygens (including phenoxy) is 2. The number of hydrogen-bond donors (Lipinski definition) is 6. The van der Waals surface area contributed by atoms with Crippen LogP contribution in [-0.2, 0) is 73.5 Å². The van der Waals surface area contributed by atoms with Gasteiger partial charge in [-0.25, -0.2) is 18.6 Å². The number of aliphatic imine (C=N–C) groups is 1. The zero-order chi connectivity index (χ0) is 37.2. The van der Waals surface area contributed by atoms with Gasteiger partial charge in [-0.15, -0.1) is 5.92 Å². The summed E-state index contributed by atoms with van der Waals surface area (Å²) >= 11 is 0. The van der Waals surface area contributed by atoms with Crippen LogP contribution in [-0.4, -0.2) is 114 Å². The summed E-state index contributed by atoms with van der Waals surface area (Å²) in [6, 6.07) is 0. The molecule has 0 spiro atoms. The summed E-state index contributed by atoms with van der Waals surface area (Å²) in [6.07, 6.45) is -6.85. The minimum Gasteiger partial charge on any atom is -0.756 e. The topological polar surface area (TPSA) is 357 Å². The van der Waals surface area contributed by atoms with Crippen LogP contribution >= 0.6 is 23.5 Å². The van der Waals surface area contributed by atoms with Crippen molar-refractivity contribution in [2.24, 2.45) is 10.9 Å². The van der Waals surface area contributed by atoms with E-state index in [1.807, 2.05) is 0 Å². The molecule has 7 unspecified atom stereocenters. The third-order valence-electron chi connectivity index (χ3n) is 8.01. The number of nitrogens with two attached hydrogens (primary N) is 1. The Morgan fingerprint density at radius 3 is 2.38 bits per heavy atom. The van der Waals surface area contributed by atoms with E-state index in [0.29, 0.717) is 17.4 Å². The first kappa shape index (κ1) is 41.4. The van der Waals surface area contributed by atoms with Gasteiger partial charge in [-0.05, 0) is 13.0 Å². The van der Waals surface area contributed by atoms with Gasteiger partial charge in [-0.1, -0.05) is 6.92 Å². The molecule has 2 aromatic heterocycles. The predicted octanol–water partition coefficient (Wildman–Crippen LogP) is -3.93. The number of nitrogen functional groups attached to an aromatic ring is 1. The molecule has 11 atom stereocenters. The van der Waals surface area contributed by atoms with Crippen molar-refractivity contribution in [2.75, 3.05) is 32.7 Å². The molecule has 25 nitrogen and oxygen atoms in total. The molecule has 6 rings (SSSR count). The van der Waals surface area contributed by atoms with Crippen LogP contribution in [0.4, 0.5) is 5.95 Å². The second kappa shape index (κ2) is 15.4. The molecule has 4 aliphatic rings. The molecule has 0 amide bonds. The van der Waals surface area contributed by atoms with Gasteiger partial charge in [-0.2, -0.15) is 4.98 Å². The number of aromatic amines is 1. The van der Waals surface area contributed by atoms with Crippen LogP contribution in [0.5, 0.6) is 0 Å². The molecule has 0 saturated carbocycles. The van der Waals surface area contributed by atoms with E-state index in [1.54, 1.807) is 37.1 Å². The van der Waals surface area contributed by atoms with Crippen LogP contribution < -0.4 is 31.3 Å². The van der Waals surface area contributed by atoms with Gasteiger partial charge in [0.25, 0.3) is 29.0 Å². The molecule has 29 heteroatoms. The number of anilines is 1. The molecule has 4 aliphatic heterocycles. The van der Waals surface area contributed by atoms with E-state index in [0.717, 1.165) is 10.9 Å². The van der Waals surface area contributed by atoms with E-state index in [1.165, 1.54) is 0 Å². The number of H-pyrrole nitrogens is 1. The predicted molar refractivity (Wildman–Crippen MR) is 161 cm³/mol. The quantitative estimate of drug-likeness (QED) is 0.0876. The molecule has 287 valence electrons. The Balaban J connectivity index is 0.00000523. The Labute approximate surface area is 318 Å². The maximum Gasteiger partial charge on any atom is 0.280 e. The maximum absolute atomic E-state index is 12.4. The van der Waals surface area contributed by atoms with Gasteiger partial charge in [0.15, 0.2) is 23.6 Å². The first-order chi connectivity index (χ1) is 23.7. The average molecular weight is 872 g/mol. The van der Waals surface area contributed by atoms with Crippen molar-refractivity contribution in [3.8, 4) is 0 Å². The minimum atomic E-state index is -6.23. The largest absolute Gasteiger partial charge is 0.756 e. The molecule has 1 radical (unpaired) electrons. The van der Waals surface area contributed by atoms with Gasteiger partial charge in [0, 0.05) is 39.8 Å². The standard InChI is InChI=1S/C23H35N9O16P3.Y/c1-9-4-11(45-21(9)32-8-30(3)14-18(32)26-10(2)27-20(14)36)5-43-49(37,38)47-51(41,42)48-50(39,40)44-6-12-15(33)16(34)22(46-12)31-7-25-13-17(31)28-23(24)29-19(13)35;/h4,7,9,11-12,15-16,20-22,33-34,36H,5-6,8H2,1-3H3,(H,26,27)(H,37,38)(H,39,40)(H,41,42)(H3,24,28,29,35);/q-1;/p-3/t9?,11-,12+,15?,16?,20?,21+,22+;/m0./s1. The van der Waals surface area contributed by atoms with Gasteiger partial charge >= 0.3 is 0 Å². The number of aliphatic hydroxyl groups excluding tert-OH is 3. The number of phosphoric acid groups is 3. The van der Waals surface area contributed by atoms with Crippen LogP contribution in [0, 0.1) is 12.3 Å². The van der Waals surface area contributed by atoms with Crippen molar-refractivity contribution >= 4 is 46.4 Å². The summed E-state index contributed by atoms with van der Waals surface area (Å²) in [5.74, 6) is 0.371. The van der Waals surface area contributed by atoms with Crippen LogP contribution in [0.25, 0.3) is 11.2 Å². The molecular weight excluding hydrogens is 840 g/mol. The van der Waals surface area contributed by atoms with Crippen molar-refractivity contribution in [3.05, 3.63) is 34.6 Å². The van der Waals surface area contributed by atoms with E-state index in [9.17, 15) is 48.5 Å². The number of phosphoric ester groups is 2. The zero-order valence-electron chi connectivity index (χ0n) is 27.2. The SMILES string of the molecule is CC1=NC(O)C2=C(N1)N([C@@H]1O[C@H](COP(=O)([O-])OP(=O)([O-])OP(=O)([O-])OC[C@H]3O[C@@H](n4cnc5c(=O)[nH]c(N)nc54)C(O)C3O)[CH-]C1C)CN2C.[Y]. The summed E-state index contributed by atoms with van der Waals surface area (Å²) in [4.78, 5) is 66.6. The number of fused-ring (bicyclic) bond motifs is 1. The molecule has 0 aromatic carbocycles. The number of hydrogen-bond acceptors (Lipinski definition) is 23. The van der Waals surface area contributed by atoms with Crippen LogP contribution in [0.1, 0.15) is 20.1 Å². The van der Waals surface area contributed by atoms with Gasteiger partial charge in [0.2, 0.25) is 5.95 Å². The van der Waals surface area contributed by atoms with Crippen LogP contribution in [0.2, 0.25) is 0 Å². The summed E-state index contributed by atoms with van der Waals surface area (Å²) in [5, 5.41) is 34.4.